The van der Waals surface area contributed by atoms with E-state index in [-0.39, 0.29) is 5.91 Å². The number of amides is 1. The number of hydrogen-bond donors (Lipinski definition) is 1. The van der Waals surface area contributed by atoms with Crippen LogP contribution in [0.2, 0.25) is 0 Å². The van der Waals surface area contributed by atoms with Crippen LogP contribution in [0.15, 0.2) is 11.6 Å². The molecule has 0 radical (unpaired) electrons. The Bertz CT molecular complexity index is 399. The van der Waals surface area contributed by atoms with E-state index >= 15 is 0 Å². The molecule has 3 rings (SSSR count). The van der Waals surface area contributed by atoms with Gasteiger partial charge in [0, 0.05) is 24.2 Å². The van der Waals surface area contributed by atoms with Crippen LogP contribution in [0.25, 0.3) is 0 Å². The summed E-state index contributed by atoms with van der Waals surface area (Å²) in [6, 6.07) is 1.08. The summed E-state index contributed by atoms with van der Waals surface area (Å²) in [5.41, 5.74) is 1.02. The highest BCUT2D eigenvalue weighted by Crippen LogP contribution is 2.22. The minimum atomic E-state index is 0.197. The molecule has 0 bridgehead atoms. The van der Waals surface area contributed by atoms with E-state index in [2.05, 4.69) is 28.2 Å². The van der Waals surface area contributed by atoms with Crippen LogP contribution in [0.4, 0.5) is 0 Å². The SMILES string of the molecule is CN1CCC(N2CCC[C@@H](NC(=O)C3=CCCC3)C2)CC1. The highest BCUT2D eigenvalue weighted by atomic mass is 16.1. The molecule has 0 aromatic rings. The van der Waals surface area contributed by atoms with Crippen molar-refractivity contribution < 1.29 is 4.79 Å². The Morgan fingerprint density at radius 2 is 2.00 bits per heavy atom. The normalized spacial score (nSPS) is 29.4. The largest absolute Gasteiger partial charge is 0.348 e. The van der Waals surface area contributed by atoms with Crippen LogP contribution in [0.3, 0.4) is 0 Å². The molecule has 2 aliphatic heterocycles. The molecule has 0 saturated carbocycles. The third-order valence-corrected chi connectivity index (χ3v) is 5.33. The molecule has 21 heavy (non-hydrogen) atoms. The summed E-state index contributed by atoms with van der Waals surface area (Å²) in [4.78, 5) is 17.3. The fraction of sp³-hybridized carbons (Fsp3) is 0.824. The second kappa shape index (κ2) is 6.93. The lowest BCUT2D eigenvalue weighted by atomic mass is 9.98. The number of carbonyl (C=O) groups is 1. The Kier molecular flexibility index (Phi) is 4.96. The summed E-state index contributed by atoms with van der Waals surface area (Å²) in [5.74, 6) is 0.197. The predicted octanol–water partition coefficient (Wildman–Crippen LogP) is 1.77. The Morgan fingerprint density at radius 3 is 2.71 bits per heavy atom. The van der Waals surface area contributed by atoms with Gasteiger partial charge in [-0.25, -0.2) is 0 Å². The number of rotatable bonds is 3. The zero-order chi connectivity index (χ0) is 14.7. The van der Waals surface area contributed by atoms with E-state index in [0.29, 0.717) is 6.04 Å². The maximum Gasteiger partial charge on any atom is 0.247 e. The lowest BCUT2D eigenvalue weighted by Gasteiger charge is -2.41. The van der Waals surface area contributed by atoms with Crippen LogP contribution >= 0.6 is 0 Å². The summed E-state index contributed by atoms with van der Waals surface area (Å²) in [7, 11) is 2.21. The van der Waals surface area contributed by atoms with Gasteiger partial charge in [-0.05, 0) is 71.6 Å². The van der Waals surface area contributed by atoms with E-state index in [0.717, 1.165) is 43.8 Å². The fourth-order valence-electron chi connectivity index (χ4n) is 3.97. The third kappa shape index (κ3) is 3.86. The molecule has 0 spiro atoms. The molecule has 0 aromatic carbocycles. The van der Waals surface area contributed by atoms with Gasteiger partial charge in [0.2, 0.25) is 5.91 Å². The average Bonchev–Trinajstić information content (AvgIpc) is 3.02. The van der Waals surface area contributed by atoms with Crippen molar-refractivity contribution in [3.05, 3.63) is 11.6 Å². The number of nitrogens with zero attached hydrogens (tertiary/aromatic N) is 2. The van der Waals surface area contributed by atoms with Crippen LogP contribution in [-0.2, 0) is 4.79 Å². The van der Waals surface area contributed by atoms with Crippen molar-refractivity contribution in [2.45, 2.75) is 57.0 Å². The van der Waals surface area contributed by atoms with Crippen molar-refractivity contribution in [2.75, 3.05) is 33.2 Å². The minimum absolute atomic E-state index is 0.197. The molecule has 1 atom stereocenters. The maximum atomic E-state index is 12.2. The smallest absolute Gasteiger partial charge is 0.247 e. The molecular formula is C17H29N3O. The zero-order valence-electron chi connectivity index (χ0n) is 13.3. The molecule has 0 aromatic heterocycles. The maximum absolute atomic E-state index is 12.2. The Labute approximate surface area is 128 Å². The molecule has 4 nitrogen and oxygen atoms in total. The van der Waals surface area contributed by atoms with E-state index in [1.807, 2.05) is 0 Å². The first-order chi connectivity index (χ1) is 10.2. The van der Waals surface area contributed by atoms with Crippen LogP contribution in [0, 0.1) is 0 Å². The van der Waals surface area contributed by atoms with Gasteiger partial charge in [0.1, 0.15) is 0 Å². The molecule has 1 N–H and O–H groups in total. The van der Waals surface area contributed by atoms with E-state index in [9.17, 15) is 4.79 Å². The lowest BCUT2D eigenvalue weighted by Crippen LogP contribution is -2.53. The summed E-state index contributed by atoms with van der Waals surface area (Å²) in [5, 5.41) is 3.28. The summed E-state index contributed by atoms with van der Waals surface area (Å²) < 4.78 is 0. The fourth-order valence-corrected chi connectivity index (χ4v) is 3.97. The Hall–Kier alpha value is -0.870. The van der Waals surface area contributed by atoms with Crippen LogP contribution < -0.4 is 5.32 Å². The molecule has 2 fully saturated rings. The highest BCUT2D eigenvalue weighted by molar-refractivity contribution is 5.93. The standard InChI is InChI=1S/C17H29N3O/c1-19-11-8-16(9-12-19)20-10-4-7-15(13-20)18-17(21)14-5-2-3-6-14/h5,15-16H,2-4,6-13H2,1H3,(H,18,21)/t15-/m1/s1. The number of hydrogen-bond acceptors (Lipinski definition) is 3. The predicted molar refractivity (Wildman–Crippen MR) is 85.2 cm³/mol. The van der Waals surface area contributed by atoms with E-state index in [1.165, 1.54) is 38.9 Å². The monoisotopic (exact) mass is 291 g/mol. The zero-order valence-corrected chi connectivity index (χ0v) is 13.3. The van der Waals surface area contributed by atoms with Crippen molar-refractivity contribution in [3.63, 3.8) is 0 Å². The first-order valence-electron chi connectivity index (χ1n) is 8.65. The second-order valence-corrected chi connectivity index (χ2v) is 6.96. The molecule has 3 aliphatic rings. The highest BCUT2D eigenvalue weighted by Gasteiger charge is 2.29. The quantitative estimate of drug-likeness (QED) is 0.861. The van der Waals surface area contributed by atoms with E-state index < -0.39 is 0 Å². The van der Waals surface area contributed by atoms with Gasteiger partial charge in [-0.15, -0.1) is 0 Å². The molecule has 1 amide bonds. The first kappa shape index (κ1) is 15.0. The Balaban J connectivity index is 1.50. The van der Waals surface area contributed by atoms with Crippen molar-refractivity contribution >= 4 is 5.91 Å². The van der Waals surface area contributed by atoms with E-state index in [1.54, 1.807) is 0 Å². The molecule has 118 valence electrons. The van der Waals surface area contributed by atoms with Gasteiger partial charge in [0.05, 0.1) is 0 Å². The molecule has 2 heterocycles. The van der Waals surface area contributed by atoms with Gasteiger partial charge in [-0.2, -0.15) is 0 Å². The topological polar surface area (TPSA) is 35.6 Å². The first-order valence-corrected chi connectivity index (χ1v) is 8.65. The average molecular weight is 291 g/mol. The second-order valence-electron chi connectivity index (χ2n) is 6.96. The molecule has 2 saturated heterocycles. The van der Waals surface area contributed by atoms with E-state index in [4.69, 9.17) is 0 Å². The van der Waals surface area contributed by atoms with Crippen molar-refractivity contribution in [3.8, 4) is 0 Å². The number of nitrogens with one attached hydrogen (secondary N) is 1. The summed E-state index contributed by atoms with van der Waals surface area (Å²) in [6.45, 7) is 4.69. The van der Waals surface area contributed by atoms with Crippen molar-refractivity contribution in [2.24, 2.45) is 0 Å². The van der Waals surface area contributed by atoms with Gasteiger partial charge in [-0.3, -0.25) is 9.69 Å². The van der Waals surface area contributed by atoms with Gasteiger partial charge in [0.15, 0.2) is 0 Å². The van der Waals surface area contributed by atoms with Gasteiger partial charge >= 0.3 is 0 Å². The number of carbonyl (C=O) groups excluding carboxylic acids is 1. The van der Waals surface area contributed by atoms with Gasteiger partial charge in [0.25, 0.3) is 0 Å². The van der Waals surface area contributed by atoms with Crippen molar-refractivity contribution in [1.29, 1.82) is 0 Å². The third-order valence-electron chi connectivity index (χ3n) is 5.33. The molecule has 1 aliphatic carbocycles. The van der Waals surface area contributed by atoms with Gasteiger partial charge < -0.3 is 10.2 Å². The van der Waals surface area contributed by atoms with Crippen LogP contribution in [0.1, 0.15) is 44.9 Å². The molecule has 4 heteroatoms. The van der Waals surface area contributed by atoms with Crippen molar-refractivity contribution in [1.82, 2.24) is 15.1 Å². The Morgan fingerprint density at radius 1 is 1.19 bits per heavy atom. The lowest BCUT2D eigenvalue weighted by molar-refractivity contribution is -0.118. The molecule has 0 unspecified atom stereocenters. The minimum Gasteiger partial charge on any atom is -0.348 e. The molecular weight excluding hydrogens is 262 g/mol. The number of allylic oxidation sites excluding steroid dienone is 1. The van der Waals surface area contributed by atoms with Gasteiger partial charge in [-0.1, -0.05) is 6.08 Å². The number of likely N-dealkylation sites (tertiary alicyclic amines) is 2. The van der Waals surface area contributed by atoms with Crippen LogP contribution in [-0.4, -0.2) is 61.0 Å². The summed E-state index contributed by atoms with van der Waals surface area (Å²) in [6.07, 6.45) is 10.2. The number of piperidine rings is 2. The summed E-state index contributed by atoms with van der Waals surface area (Å²) >= 11 is 0. The van der Waals surface area contributed by atoms with Crippen LogP contribution in [0.5, 0.6) is 0 Å².